The Labute approximate surface area is 127 Å². The van der Waals surface area contributed by atoms with Crippen LogP contribution in [0.15, 0.2) is 29.6 Å². The largest absolute Gasteiger partial charge is 0.367 e. The summed E-state index contributed by atoms with van der Waals surface area (Å²) in [6.07, 6.45) is 5.15. The highest BCUT2D eigenvalue weighted by Gasteiger charge is 2.14. The van der Waals surface area contributed by atoms with Gasteiger partial charge in [-0.15, -0.1) is 0 Å². The van der Waals surface area contributed by atoms with Gasteiger partial charge in [0, 0.05) is 31.9 Å². The molecule has 0 aliphatic rings. The zero-order valence-electron chi connectivity index (χ0n) is 13.0. The summed E-state index contributed by atoms with van der Waals surface area (Å²) in [5, 5.41) is 7.91. The van der Waals surface area contributed by atoms with Crippen LogP contribution in [0.25, 0.3) is 22.2 Å². The predicted molar refractivity (Wildman–Crippen MR) is 85.7 cm³/mol. The molecule has 0 saturated carbocycles. The molecule has 3 heterocycles. The molecular formula is C15H18N6O. The molecule has 0 saturated heterocycles. The molecule has 3 rings (SSSR count). The standard InChI is InChI=1S/C15H18N6O/c1-9(2)18-14-13-12(16-8-20(3)15(13)22)5-11(19-14)10-6-17-21(4)7-10/h5-9H,1-4H3,(H,18,19). The quantitative estimate of drug-likeness (QED) is 0.794. The van der Waals surface area contributed by atoms with Crippen LogP contribution >= 0.6 is 0 Å². The molecule has 0 bridgehead atoms. The fraction of sp³-hybridized carbons (Fsp3) is 0.333. The maximum atomic E-state index is 12.4. The van der Waals surface area contributed by atoms with Crippen LogP contribution in [0.4, 0.5) is 5.82 Å². The predicted octanol–water partition coefficient (Wildman–Crippen LogP) is 1.55. The number of pyridine rings is 1. The molecule has 3 aromatic heterocycles. The highest BCUT2D eigenvalue weighted by atomic mass is 16.1. The number of rotatable bonds is 3. The Bertz CT molecular complexity index is 893. The molecule has 114 valence electrons. The van der Waals surface area contributed by atoms with E-state index in [1.807, 2.05) is 33.2 Å². The van der Waals surface area contributed by atoms with E-state index in [9.17, 15) is 4.79 Å². The van der Waals surface area contributed by atoms with Crippen LogP contribution in [0, 0.1) is 0 Å². The fourth-order valence-electron chi connectivity index (χ4n) is 2.30. The number of fused-ring (bicyclic) bond motifs is 1. The molecule has 22 heavy (non-hydrogen) atoms. The first-order chi connectivity index (χ1) is 10.5. The Hall–Kier alpha value is -2.70. The lowest BCUT2D eigenvalue weighted by molar-refractivity contribution is 0.768. The minimum Gasteiger partial charge on any atom is -0.367 e. The van der Waals surface area contributed by atoms with Crippen LogP contribution in [0.1, 0.15) is 13.8 Å². The number of aryl methyl sites for hydroxylation is 2. The van der Waals surface area contributed by atoms with Crippen molar-refractivity contribution < 1.29 is 0 Å². The molecule has 7 nitrogen and oxygen atoms in total. The van der Waals surface area contributed by atoms with Gasteiger partial charge >= 0.3 is 0 Å². The first-order valence-electron chi connectivity index (χ1n) is 7.07. The van der Waals surface area contributed by atoms with Crippen molar-refractivity contribution in [3.8, 4) is 11.3 Å². The molecule has 1 N–H and O–H groups in total. The maximum absolute atomic E-state index is 12.4. The Morgan fingerprint density at radius 2 is 2.05 bits per heavy atom. The molecule has 0 fully saturated rings. The summed E-state index contributed by atoms with van der Waals surface area (Å²) in [6, 6.07) is 1.98. The van der Waals surface area contributed by atoms with E-state index in [0.717, 1.165) is 11.3 Å². The van der Waals surface area contributed by atoms with Crippen molar-refractivity contribution in [3.63, 3.8) is 0 Å². The summed E-state index contributed by atoms with van der Waals surface area (Å²) in [4.78, 5) is 21.4. The van der Waals surface area contributed by atoms with E-state index in [-0.39, 0.29) is 11.6 Å². The van der Waals surface area contributed by atoms with Crippen molar-refractivity contribution in [3.05, 3.63) is 35.1 Å². The summed E-state index contributed by atoms with van der Waals surface area (Å²) < 4.78 is 3.17. The van der Waals surface area contributed by atoms with Crippen molar-refractivity contribution in [2.45, 2.75) is 19.9 Å². The van der Waals surface area contributed by atoms with Gasteiger partial charge in [0.05, 0.1) is 23.7 Å². The number of anilines is 1. The first-order valence-corrected chi connectivity index (χ1v) is 7.07. The van der Waals surface area contributed by atoms with E-state index >= 15 is 0 Å². The number of hydrogen-bond donors (Lipinski definition) is 1. The Kier molecular flexibility index (Phi) is 3.40. The molecule has 3 aromatic rings. The van der Waals surface area contributed by atoms with Crippen LogP contribution in [0.2, 0.25) is 0 Å². The molecule has 0 aromatic carbocycles. The number of nitrogens with zero attached hydrogens (tertiary/aromatic N) is 5. The zero-order chi connectivity index (χ0) is 15.9. The van der Waals surface area contributed by atoms with Gasteiger partial charge in [0.1, 0.15) is 11.2 Å². The van der Waals surface area contributed by atoms with Gasteiger partial charge in [-0.1, -0.05) is 0 Å². The Balaban J connectivity index is 2.30. The minimum absolute atomic E-state index is 0.113. The zero-order valence-corrected chi connectivity index (χ0v) is 13.0. The van der Waals surface area contributed by atoms with E-state index in [1.54, 1.807) is 17.9 Å². The number of aromatic nitrogens is 5. The minimum atomic E-state index is -0.113. The summed E-state index contributed by atoms with van der Waals surface area (Å²) in [5.74, 6) is 0.556. The average molecular weight is 298 g/mol. The van der Waals surface area contributed by atoms with Gasteiger partial charge in [-0.3, -0.25) is 9.48 Å². The van der Waals surface area contributed by atoms with Gasteiger partial charge in [-0.2, -0.15) is 5.10 Å². The lowest BCUT2D eigenvalue weighted by atomic mass is 10.2. The Morgan fingerprint density at radius 1 is 1.27 bits per heavy atom. The van der Waals surface area contributed by atoms with Crippen molar-refractivity contribution in [2.75, 3.05) is 5.32 Å². The van der Waals surface area contributed by atoms with E-state index in [4.69, 9.17) is 0 Å². The van der Waals surface area contributed by atoms with Crippen LogP contribution in [-0.2, 0) is 14.1 Å². The summed E-state index contributed by atoms with van der Waals surface area (Å²) in [5.41, 5.74) is 2.14. The molecule has 0 unspecified atom stereocenters. The van der Waals surface area contributed by atoms with Crippen molar-refractivity contribution in [1.29, 1.82) is 0 Å². The summed E-state index contributed by atoms with van der Waals surface area (Å²) in [7, 11) is 3.54. The van der Waals surface area contributed by atoms with Gasteiger partial charge in [0.15, 0.2) is 0 Å². The van der Waals surface area contributed by atoms with E-state index < -0.39 is 0 Å². The summed E-state index contributed by atoms with van der Waals surface area (Å²) >= 11 is 0. The molecule has 0 atom stereocenters. The number of nitrogens with one attached hydrogen (secondary N) is 1. The van der Waals surface area contributed by atoms with Crippen LogP contribution < -0.4 is 10.9 Å². The molecule has 7 heteroatoms. The summed E-state index contributed by atoms with van der Waals surface area (Å²) in [6.45, 7) is 4.01. The van der Waals surface area contributed by atoms with Gasteiger partial charge in [-0.25, -0.2) is 9.97 Å². The normalized spacial score (nSPS) is 11.3. The van der Waals surface area contributed by atoms with Gasteiger partial charge in [0.25, 0.3) is 5.56 Å². The van der Waals surface area contributed by atoms with Crippen molar-refractivity contribution in [1.82, 2.24) is 24.3 Å². The van der Waals surface area contributed by atoms with E-state index in [2.05, 4.69) is 20.4 Å². The first kappa shape index (κ1) is 14.2. The van der Waals surface area contributed by atoms with E-state index in [1.165, 1.54) is 10.9 Å². The molecular weight excluding hydrogens is 280 g/mol. The third kappa shape index (κ3) is 2.45. The fourth-order valence-corrected chi connectivity index (χ4v) is 2.30. The molecule has 0 spiro atoms. The average Bonchev–Trinajstić information content (AvgIpc) is 2.88. The molecule has 0 amide bonds. The topological polar surface area (TPSA) is 77.6 Å². The smallest absolute Gasteiger partial charge is 0.264 e. The lowest BCUT2D eigenvalue weighted by Crippen LogP contribution is -2.21. The van der Waals surface area contributed by atoms with Crippen molar-refractivity contribution in [2.24, 2.45) is 14.1 Å². The second kappa shape index (κ2) is 5.25. The molecule has 0 aliphatic carbocycles. The van der Waals surface area contributed by atoms with Gasteiger partial charge in [0.2, 0.25) is 0 Å². The molecule has 0 radical (unpaired) electrons. The lowest BCUT2D eigenvalue weighted by Gasteiger charge is -2.13. The van der Waals surface area contributed by atoms with E-state index in [0.29, 0.717) is 16.7 Å². The third-order valence-electron chi connectivity index (χ3n) is 3.33. The van der Waals surface area contributed by atoms with Crippen LogP contribution in [-0.4, -0.2) is 30.4 Å². The van der Waals surface area contributed by atoms with Gasteiger partial charge < -0.3 is 9.88 Å². The van der Waals surface area contributed by atoms with Crippen LogP contribution in [0.3, 0.4) is 0 Å². The monoisotopic (exact) mass is 298 g/mol. The third-order valence-corrected chi connectivity index (χ3v) is 3.33. The Morgan fingerprint density at radius 3 is 2.68 bits per heavy atom. The second-order valence-electron chi connectivity index (χ2n) is 5.61. The van der Waals surface area contributed by atoms with Gasteiger partial charge in [-0.05, 0) is 19.9 Å². The SMILES string of the molecule is CC(C)Nc1nc(-c2cnn(C)c2)cc2ncn(C)c(=O)c12. The highest BCUT2D eigenvalue weighted by Crippen LogP contribution is 2.24. The van der Waals surface area contributed by atoms with Crippen LogP contribution in [0.5, 0.6) is 0 Å². The number of hydrogen-bond acceptors (Lipinski definition) is 5. The molecule has 0 aliphatic heterocycles. The highest BCUT2D eigenvalue weighted by molar-refractivity contribution is 5.91. The van der Waals surface area contributed by atoms with Crippen molar-refractivity contribution >= 4 is 16.7 Å². The second-order valence-corrected chi connectivity index (χ2v) is 5.61. The maximum Gasteiger partial charge on any atom is 0.264 e.